The quantitative estimate of drug-likeness (QED) is 0.810. The van der Waals surface area contributed by atoms with Crippen molar-refractivity contribution >= 4 is 21.6 Å². The van der Waals surface area contributed by atoms with Gasteiger partial charge in [-0.05, 0) is 62.1 Å². The molecule has 21 heavy (non-hydrogen) atoms. The van der Waals surface area contributed by atoms with E-state index < -0.39 is 0 Å². The second kappa shape index (κ2) is 6.99. The van der Waals surface area contributed by atoms with Crippen molar-refractivity contribution in [3.8, 4) is 5.75 Å². The highest BCUT2D eigenvalue weighted by atomic mass is 79.9. The molecule has 1 atom stereocenters. The van der Waals surface area contributed by atoms with Crippen LogP contribution in [-0.2, 0) is 6.42 Å². The number of para-hydroxylation sites is 1. The van der Waals surface area contributed by atoms with E-state index in [1.165, 1.54) is 22.4 Å². The Bertz CT molecular complexity index is 601. The molecule has 0 spiro atoms. The predicted molar refractivity (Wildman–Crippen MR) is 93.4 cm³/mol. The predicted octanol–water partition coefficient (Wildman–Crippen LogP) is 5.12. The summed E-state index contributed by atoms with van der Waals surface area (Å²) in [6.07, 6.45) is 0.930. The van der Waals surface area contributed by atoms with Gasteiger partial charge < -0.3 is 10.1 Å². The fourth-order valence-corrected chi connectivity index (χ4v) is 3.32. The SMILES string of the molecule is COc1ccccc1CC(C)Nc1c(C)cc(Br)cc1C. The van der Waals surface area contributed by atoms with Crippen LogP contribution in [0.25, 0.3) is 0 Å². The molecule has 0 radical (unpaired) electrons. The number of aryl methyl sites for hydroxylation is 2. The Kier molecular flexibility index (Phi) is 5.29. The fraction of sp³-hybridized carbons (Fsp3) is 0.333. The standard InChI is InChI=1S/C18H22BrNO/c1-12-9-16(19)10-13(2)18(12)20-14(3)11-15-7-5-6-8-17(15)21-4/h5-10,14,20H,11H2,1-4H3. The van der Waals surface area contributed by atoms with Crippen LogP contribution in [0.1, 0.15) is 23.6 Å². The first-order valence-electron chi connectivity index (χ1n) is 7.16. The van der Waals surface area contributed by atoms with Gasteiger partial charge in [-0.2, -0.15) is 0 Å². The fourth-order valence-electron chi connectivity index (χ4n) is 2.64. The van der Waals surface area contributed by atoms with Crippen molar-refractivity contribution in [2.75, 3.05) is 12.4 Å². The maximum atomic E-state index is 5.43. The number of anilines is 1. The summed E-state index contributed by atoms with van der Waals surface area (Å²) >= 11 is 3.54. The van der Waals surface area contributed by atoms with Crippen LogP contribution >= 0.6 is 15.9 Å². The number of ether oxygens (including phenoxy) is 1. The van der Waals surface area contributed by atoms with E-state index >= 15 is 0 Å². The third kappa shape index (κ3) is 4.01. The van der Waals surface area contributed by atoms with Crippen molar-refractivity contribution in [2.24, 2.45) is 0 Å². The number of methoxy groups -OCH3 is 1. The summed E-state index contributed by atoms with van der Waals surface area (Å²) in [6.45, 7) is 6.47. The molecular formula is C18H22BrNO. The summed E-state index contributed by atoms with van der Waals surface area (Å²) in [5.41, 5.74) is 4.97. The molecule has 0 bridgehead atoms. The van der Waals surface area contributed by atoms with E-state index in [1.807, 2.05) is 12.1 Å². The van der Waals surface area contributed by atoms with Crippen molar-refractivity contribution < 1.29 is 4.74 Å². The summed E-state index contributed by atoms with van der Waals surface area (Å²) in [4.78, 5) is 0. The Hall–Kier alpha value is -1.48. The summed E-state index contributed by atoms with van der Waals surface area (Å²) in [5, 5.41) is 3.63. The lowest BCUT2D eigenvalue weighted by atomic mass is 10.0. The van der Waals surface area contributed by atoms with Gasteiger partial charge in [-0.3, -0.25) is 0 Å². The van der Waals surface area contributed by atoms with Crippen LogP contribution in [0.5, 0.6) is 5.75 Å². The number of halogens is 1. The molecule has 0 aliphatic heterocycles. The molecule has 0 aliphatic rings. The highest BCUT2D eigenvalue weighted by Crippen LogP contribution is 2.27. The van der Waals surface area contributed by atoms with Crippen molar-refractivity contribution in [1.29, 1.82) is 0 Å². The van der Waals surface area contributed by atoms with Crippen LogP contribution in [0.4, 0.5) is 5.69 Å². The summed E-state index contributed by atoms with van der Waals surface area (Å²) in [7, 11) is 1.72. The molecule has 0 saturated heterocycles. The lowest BCUT2D eigenvalue weighted by Crippen LogP contribution is -2.19. The molecule has 1 N–H and O–H groups in total. The van der Waals surface area contributed by atoms with Crippen LogP contribution in [0, 0.1) is 13.8 Å². The molecular weight excluding hydrogens is 326 g/mol. The van der Waals surface area contributed by atoms with Crippen molar-refractivity contribution in [3.63, 3.8) is 0 Å². The molecule has 2 aromatic rings. The minimum atomic E-state index is 0.333. The van der Waals surface area contributed by atoms with Gasteiger partial charge in [0.05, 0.1) is 7.11 Å². The van der Waals surface area contributed by atoms with Gasteiger partial charge in [-0.25, -0.2) is 0 Å². The van der Waals surface area contributed by atoms with Crippen LogP contribution in [-0.4, -0.2) is 13.2 Å². The molecule has 0 saturated carbocycles. The van der Waals surface area contributed by atoms with Crippen LogP contribution in [0.2, 0.25) is 0 Å². The first-order chi connectivity index (χ1) is 10.0. The average Bonchev–Trinajstić information content (AvgIpc) is 2.43. The number of rotatable bonds is 5. The highest BCUT2D eigenvalue weighted by molar-refractivity contribution is 9.10. The molecule has 0 aromatic heterocycles. The lowest BCUT2D eigenvalue weighted by molar-refractivity contribution is 0.409. The zero-order valence-electron chi connectivity index (χ0n) is 13.0. The highest BCUT2D eigenvalue weighted by Gasteiger charge is 2.11. The maximum absolute atomic E-state index is 5.43. The third-order valence-electron chi connectivity index (χ3n) is 3.61. The Morgan fingerprint density at radius 1 is 1.14 bits per heavy atom. The Labute approximate surface area is 135 Å². The van der Waals surface area contributed by atoms with Gasteiger partial charge in [0.2, 0.25) is 0 Å². The average molecular weight is 348 g/mol. The van der Waals surface area contributed by atoms with Crippen molar-refractivity contribution in [2.45, 2.75) is 33.2 Å². The Morgan fingerprint density at radius 2 is 1.76 bits per heavy atom. The van der Waals surface area contributed by atoms with Gasteiger partial charge in [0, 0.05) is 16.2 Å². The number of hydrogen-bond acceptors (Lipinski definition) is 2. The number of nitrogens with one attached hydrogen (secondary N) is 1. The molecule has 2 nitrogen and oxygen atoms in total. The molecule has 2 aromatic carbocycles. The van der Waals surface area contributed by atoms with Gasteiger partial charge in [0.1, 0.15) is 5.75 Å². The molecule has 0 amide bonds. The Balaban J connectivity index is 2.14. The zero-order valence-corrected chi connectivity index (χ0v) is 14.6. The van der Waals surface area contributed by atoms with Crippen LogP contribution in [0.3, 0.4) is 0 Å². The van der Waals surface area contributed by atoms with Crippen molar-refractivity contribution in [3.05, 3.63) is 57.6 Å². The van der Waals surface area contributed by atoms with Gasteiger partial charge in [0.15, 0.2) is 0 Å². The zero-order chi connectivity index (χ0) is 15.4. The molecule has 0 fully saturated rings. The van der Waals surface area contributed by atoms with E-state index in [0.717, 1.165) is 16.6 Å². The minimum Gasteiger partial charge on any atom is -0.496 e. The van der Waals surface area contributed by atoms with E-state index in [1.54, 1.807) is 7.11 Å². The summed E-state index contributed by atoms with van der Waals surface area (Å²) < 4.78 is 6.55. The van der Waals surface area contributed by atoms with Crippen LogP contribution in [0.15, 0.2) is 40.9 Å². The molecule has 3 heteroatoms. The van der Waals surface area contributed by atoms with E-state index in [9.17, 15) is 0 Å². The van der Waals surface area contributed by atoms with E-state index in [2.05, 4.69) is 66.3 Å². The molecule has 1 unspecified atom stereocenters. The van der Waals surface area contributed by atoms with E-state index in [4.69, 9.17) is 4.74 Å². The van der Waals surface area contributed by atoms with Crippen molar-refractivity contribution in [1.82, 2.24) is 0 Å². The minimum absolute atomic E-state index is 0.333. The maximum Gasteiger partial charge on any atom is 0.122 e. The second-order valence-electron chi connectivity index (χ2n) is 5.48. The first kappa shape index (κ1) is 15.9. The van der Waals surface area contributed by atoms with Gasteiger partial charge in [0.25, 0.3) is 0 Å². The normalized spacial score (nSPS) is 12.0. The van der Waals surface area contributed by atoms with Crippen LogP contribution < -0.4 is 10.1 Å². The second-order valence-corrected chi connectivity index (χ2v) is 6.39. The molecule has 112 valence electrons. The molecule has 2 rings (SSSR count). The smallest absolute Gasteiger partial charge is 0.122 e. The molecule has 0 aliphatic carbocycles. The molecule has 0 heterocycles. The van der Waals surface area contributed by atoms with Gasteiger partial charge in [-0.15, -0.1) is 0 Å². The Morgan fingerprint density at radius 3 is 2.38 bits per heavy atom. The topological polar surface area (TPSA) is 21.3 Å². The summed E-state index contributed by atoms with van der Waals surface area (Å²) in [5.74, 6) is 0.954. The van der Waals surface area contributed by atoms with Gasteiger partial charge >= 0.3 is 0 Å². The monoisotopic (exact) mass is 347 g/mol. The number of benzene rings is 2. The van der Waals surface area contributed by atoms with Gasteiger partial charge in [-0.1, -0.05) is 34.1 Å². The largest absolute Gasteiger partial charge is 0.496 e. The van der Waals surface area contributed by atoms with E-state index in [0.29, 0.717) is 6.04 Å². The first-order valence-corrected chi connectivity index (χ1v) is 7.95. The van der Waals surface area contributed by atoms with E-state index in [-0.39, 0.29) is 0 Å². The third-order valence-corrected chi connectivity index (χ3v) is 4.06. The number of hydrogen-bond donors (Lipinski definition) is 1. The lowest BCUT2D eigenvalue weighted by Gasteiger charge is -2.20. The summed E-state index contributed by atoms with van der Waals surface area (Å²) in [6, 6.07) is 12.8.